The Hall–Kier alpha value is -3.41. The molecule has 6 heteroatoms. The molecule has 166 valence electrons. The van der Waals surface area contributed by atoms with Crippen LogP contribution in [0, 0.1) is 27.7 Å². The molecule has 1 fully saturated rings. The van der Waals surface area contributed by atoms with Gasteiger partial charge in [0.05, 0.1) is 5.69 Å². The van der Waals surface area contributed by atoms with Crippen molar-refractivity contribution < 1.29 is 9.53 Å². The average Bonchev–Trinajstić information content (AvgIpc) is 2.80. The van der Waals surface area contributed by atoms with Gasteiger partial charge in [-0.2, -0.15) is 0 Å². The molecule has 4 rings (SSSR count). The molecule has 0 saturated carbocycles. The first kappa shape index (κ1) is 21.8. The zero-order chi connectivity index (χ0) is 22.7. The Morgan fingerprint density at radius 3 is 2.28 bits per heavy atom. The molecule has 1 amide bonds. The molecule has 0 bridgehead atoms. The molecule has 1 aliphatic rings. The van der Waals surface area contributed by atoms with Crippen molar-refractivity contribution in [3.8, 4) is 17.0 Å². The van der Waals surface area contributed by atoms with Gasteiger partial charge in [-0.15, -0.1) is 10.2 Å². The second kappa shape index (κ2) is 9.39. The molecule has 0 N–H and O–H groups in total. The third kappa shape index (κ3) is 4.90. The summed E-state index contributed by atoms with van der Waals surface area (Å²) in [6, 6.07) is 16.3. The minimum absolute atomic E-state index is 0.0146. The molecular formula is C26H30N4O2. The number of amides is 1. The van der Waals surface area contributed by atoms with Crippen LogP contribution in [0.15, 0.2) is 48.5 Å². The second-order valence-corrected chi connectivity index (χ2v) is 8.50. The molecule has 2 heterocycles. The smallest absolute Gasteiger partial charge is 0.260 e. The highest BCUT2D eigenvalue weighted by Crippen LogP contribution is 2.22. The van der Waals surface area contributed by atoms with Gasteiger partial charge in [-0.05, 0) is 68.7 Å². The predicted molar refractivity (Wildman–Crippen MR) is 127 cm³/mol. The van der Waals surface area contributed by atoms with Gasteiger partial charge in [0.25, 0.3) is 5.91 Å². The lowest BCUT2D eigenvalue weighted by Crippen LogP contribution is -2.50. The Labute approximate surface area is 189 Å². The Morgan fingerprint density at radius 2 is 1.62 bits per heavy atom. The first-order valence-corrected chi connectivity index (χ1v) is 11.0. The van der Waals surface area contributed by atoms with Crippen molar-refractivity contribution in [2.24, 2.45) is 0 Å². The summed E-state index contributed by atoms with van der Waals surface area (Å²) >= 11 is 0. The SMILES string of the molecule is Cc1ccc(OCC(=O)N2CCN(c3ccc(-c4ccc(C)c(C)c4)nn3)CC2)c(C)c1. The lowest BCUT2D eigenvalue weighted by molar-refractivity contribution is -0.133. The Morgan fingerprint density at radius 1 is 0.844 bits per heavy atom. The van der Waals surface area contributed by atoms with Crippen LogP contribution >= 0.6 is 0 Å². The van der Waals surface area contributed by atoms with Crippen molar-refractivity contribution >= 4 is 11.7 Å². The average molecular weight is 431 g/mol. The van der Waals surface area contributed by atoms with Crippen molar-refractivity contribution in [2.45, 2.75) is 27.7 Å². The number of aromatic nitrogens is 2. The van der Waals surface area contributed by atoms with Gasteiger partial charge < -0.3 is 14.5 Å². The molecular weight excluding hydrogens is 400 g/mol. The van der Waals surface area contributed by atoms with Crippen LogP contribution in [0.4, 0.5) is 5.82 Å². The van der Waals surface area contributed by atoms with E-state index in [1.54, 1.807) is 0 Å². The maximum Gasteiger partial charge on any atom is 0.260 e. The Bertz CT molecular complexity index is 1100. The molecule has 0 radical (unpaired) electrons. The van der Waals surface area contributed by atoms with Crippen molar-refractivity contribution in [1.29, 1.82) is 0 Å². The van der Waals surface area contributed by atoms with Crippen molar-refractivity contribution in [2.75, 3.05) is 37.7 Å². The van der Waals surface area contributed by atoms with Crippen LogP contribution in [-0.2, 0) is 4.79 Å². The van der Waals surface area contributed by atoms with Crippen LogP contribution in [0.2, 0.25) is 0 Å². The summed E-state index contributed by atoms with van der Waals surface area (Å²) in [5.41, 5.74) is 6.69. The molecule has 0 aliphatic carbocycles. The van der Waals surface area contributed by atoms with E-state index in [-0.39, 0.29) is 12.5 Å². The van der Waals surface area contributed by atoms with E-state index < -0.39 is 0 Å². The summed E-state index contributed by atoms with van der Waals surface area (Å²) in [4.78, 5) is 16.6. The van der Waals surface area contributed by atoms with Gasteiger partial charge in [0.1, 0.15) is 5.75 Å². The lowest BCUT2D eigenvalue weighted by atomic mass is 10.0. The normalized spacial score (nSPS) is 13.9. The van der Waals surface area contributed by atoms with Crippen molar-refractivity contribution in [3.63, 3.8) is 0 Å². The summed E-state index contributed by atoms with van der Waals surface area (Å²) in [7, 11) is 0. The van der Waals surface area contributed by atoms with Crippen LogP contribution in [0.1, 0.15) is 22.3 Å². The molecule has 2 aromatic carbocycles. The third-order valence-electron chi connectivity index (χ3n) is 6.09. The summed E-state index contributed by atoms with van der Waals surface area (Å²) in [5.74, 6) is 1.62. The van der Waals surface area contributed by atoms with Crippen LogP contribution < -0.4 is 9.64 Å². The van der Waals surface area contributed by atoms with E-state index in [0.29, 0.717) is 13.1 Å². The summed E-state index contributed by atoms with van der Waals surface area (Å²) in [6.45, 7) is 11.1. The van der Waals surface area contributed by atoms with Gasteiger partial charge in [-0.1, -0.05) is 29.8 Å². The molecule has 0 spiro atoms. The highest BCUT2D eigenvalue weighted by molar-refractivity contribution is 5.78. The fraction of sp³-hybridized carbons (Fsp3) is 0.346. The number of ether oxygens (including phenoxy) is 1. The minimum atomic E-state index is 0.0146. The zero-order valence-corrected chi connectivity index (χ0v) is 19.3. The molecule has 32 heavy (non-hydrogen) atoms. The first-order valence-electron chi connectivity index (χ1n) is 11.0. The van der Waals surface area contributed by atoms with Crippen molar-refractivity contribution in [3.05, 3.63) is 70.8 Å². The quantitative estimate of drug-likeness (QED) is 0.610. The standard InChI is InChI=1S/C26H30N4O2/c1-18-5-9-24(21(4)15-18)32-17-26(31)30-13-11-29(12-14-30)25-10-8-23(27-28-25)22-7-6-19(2)20(3)16-22/h5-10,15-16H,11-14,17H2,1-4H3. The number of benzene rings is 2. The summed E-state index contributed by atoms with van der Waals surface area (Å²) in [6.07, 6.45) is 0. The number of rotatable bonds is 5. The number of piperazine rings is 1. The van der Waals surface area contributed by atoms with E-state index in [2.05, 4.69) is 53.2 Å². The molecule has 1 aliphatic heterocycles. The van der Waals surface area contributed by atoms with Crippen LogP contribution in [-0.4, -0.2) is 53.8 Å². The van der Waals surface area contributed by atoms with E-state index in [4.69, 9.17) is 4.74 Å². The Kier molecular flexibility index (Phi) is 6.40. The van der Waals surface area contributed by atoms with Gasteiger partial charge in [-0.25, -0.2) is 0 Å². The summed E-state index contributed by atoms with van der Waals surface area (Å²) in [5, 5.41) is 8.88. The minimum Gasteiger partial charge on any atom is -0.484 e. The van der Waals surface area contributed by atoms with Gasteiger partial charge >= 0.3 is 0 Å². The van der Waals surface area contributed by atoms with Crippen LogP contribution in [0.25, 0.3) is 11.3 Å². The van der Waals surface area contributed by atoms with Crippen LogP contribution in [0.5, 0.6) is 5.75 Å². The molecule has 3 aromatic rings. The monoisotopic (exact) mass is 430 g/mol. The largest absolute Gasteiger partial charge is 0.484 e. The number of carbonyl (C=O) groups excluding carboxylic acids is 1. The van der Waals surface area contributed by atoms with Gasteiger partial charge in [-0.3, -0.25) is 4.79 Å². The van der Waals surface area contributed by atoms with E-state index in [9.17, 15) is 4.79 Å². The van der Waals surface area contributed by atoms with Crippen molar-refractivity contribution in [1.82, 2.24) is 15.1 Å². The summed E-state index contributed by atoms with van der Waals surface area (Å²) < 4.78 is 5.76. The van der Waals surface area contributed by atoms with E-state index >= 15 is 0 Å². The number of hydrogen-bond acceptors (Lipinski definition) is 5. The molecule has 0 unspecified atom stereocenters. The van der Waals surface area contributed by atoms with Gasteiger partial charge in [0, 0.05) is 31.7 Å². The second-order valence-electron chi connectivity index (χ2n) is 8.50. The molecule has 1 saturated heterocycles. The van der Waals surface area contributed by atoms with Gasteiger partial charge in [0.2, 0.25) is 0 Å². The maximum atomic E-state index is 12.6. The highest BCUT2D eigenvalue weighted by atomic mass is 16.5. The zero-order valence-electron chi connectivity index (χ0n) is 19.3. The molecule has 6 nitrogen and oxygen atoms in total. The number of hydrogen-bond donors (Lipinski definition) is 0. The number of anilines is 1. The number of nitrogens with zero attached hydrogens (tertiary/aromatic N) is 4. The lowest BCUT2D eigenvalue weighted by Gasteiger charge is -2.35. The number of carbonyl (C=O) groups is 1. The van der Waals surface area contributed by atoms with Gasteiger partial charge in [0.15, 0.2) is 12.4 Å². The van der Waals surface area contributed by atoms with Crippen LogP contribution in [0.3, 0.4) is 0 Å². The molecule has 1 aromatic heterocycles. The fourth-order valence-corrected chi connectivity index (χ4v) is 3.93. The molecule has 0 atom stereocenters. The number of aryl methyl sites for hydroxylation is 4. The first-order chi connectivity index (χ1) is 15.4. The predicted octanol–water partition coefficient (Wildman–Crippen LogP) is 4.10. The third-order valence-corrected chi connectivity index (χ3v) is 6.09. The van der Waals surface area contributed by atoms with E-state index in [1.165, 1.54) is 16.7 Å². The van der Waals surface area contributed by atoms with E-state index in [0.717, 1.165) is 41.5 Å². The van der Waals surface area contributed by atoms with E-state index in [1.807, 2.05) is 43.0 Å². The Balaban J connectivity index is 1.31. The fourth-order valence-electron chi connectivity index (χ4n) is 3.93. The highest BCUT2D eigenvalue weighted by Gasteiger charge is 2.22. The maximum absolute atomic E-state index is 12.6. The topological polar surface area (TPSA) is 58.6 Å².